The van der Waals surface area contributed by atoms with Gasteiger partial charge in [0, 0.05) is 60.8 Å². The molecule has 13 heteroatoms. The zero-order valence-electron chi connectivity index (χ0n) is 19.9. The number of carbonyl (C=O) groups excluding carboxylic acids is 1. The van der Waals surface area contributed by atoms with Crippen molar-refractivity contribution in [2.45, 2.75) is 13.0 Å². The summed E-state index contributed by atoms with van der Waals surface area (Å²) in [5, 5.41) is 20.7. The van der Waals surface area contributed by atoms with E-state index >= 15 is 0 Å². The topological polar surface area (TPSA) is 143 Å². The van der Waals surface area contributed by atoms with E-state index in [1.165, 1.54) is 12.1 Å². The number of halogens is 2. The summed E-state index contributed by atoms with van der Waals surface area (Å²) < 4.78 is 1.95. The highest BCUT2D eigenvalue weighted by molar-refractivity contribution is 6.36. The number of benzene rings is 1. The Morgan fingerprint density at radius 2 is 1.94 bits per heavy atom. The summed E-state index contributed by atoms with van der Waals surface area (Å²) in [4.78, 5) is 28.8. The molecule has 0 atom stereocenters. The predicted octanol–water partition coefficient (Wildman–Crippen LogP) is 4.53. The van der Waals surface area contributed by atoms with Crippen LogP contribution in [0.2, 0.25) is 10.0 Å². The molecule has 0 aliphatic carbocycles. The number of nitrogens with zero attached hydrogens (tertiary/aromatic N) is 4. The number of pyridine rings is 1. The largest absolute Gasteiger partial charge is 0.378 e. The fourth-order valence-corrected chi connectivity index (χ4v) is 3.93. The van der Waals surface area contributed by atoms with E-state index in [-0.39, 0.29) is 17.5 Å². The van der Waals surface area contributed by atoms with E-state index in [4.69, 9.17) is 28.9 Å². The number of anilines is 3. The molecule has 36 heavy (non-hydrogen) atoms. The molecule has 0 aliphatic heterocycles. The number of amides is 2. The minimum Gasteiger partial charge on any atom is -0.378 e. The van der Waals surface area contributed by atoms with Crippen LogP contribution in [0.3, 0.4) is 0 Å². The SMILES string of the molecule is CN(C)CCNC(=O)Nc1cn(CCCNc2ccc([N+](=O)[O-])c(N)n2)cc1-c1ccc(Cl)cc1Cl. The van der Waals surface area contributed by atoms with Crippen LogP contribution in [0.1, 0.15) is 6.42 Å². The first-order valence-electron chi connectivity index (χ1n) is 11.1. The molecule has 2 heterocycles. The third kappa shape index (κ3) is 7.48. The van der Waals surface area contributed by atoms with Crippen molar-refractivity contribution in [2.24, 2.45) is 0 Å². The van der Waals surface area contributed by atoms with E-state index in [1.807, 2.05) is 42.0 Å². The van der Waals surface area contributed by atoms with Crippen LogP contribution in [0.15, 0.2) is 42.7 Å². The van der Waals surface area contributed by atoms with Crippen molar-refractivity contribution < 1.29 is 9.72 Å². The van der Waals surface area contributed by atoms with Gasteiger partial charge in [-0.15, -0.1) is 0 Å². The van der Waals surface area contributed by atoms with E-state index in [0.29, 0.717) is 54.2 Å². The predicted molar refractivity (Wildman–Crippen MR) is 144 cm³/mol. The minimum atomic E-state index is -0.573. The van der Waals surface area contributed by atoms with Crippen LogP contribution < -0.4 is 21.7 Å². The standard InChI is InChI=1S/C23H28Cl2N8O3/c1-31(2)11-9-28-23(34)29-19-14-32(13-17(19)16-5-4-15(24)12-18(16)25)10-3-8-27-21-7-6-20(33(35)36)22(26)30-21/h4-7,12-14H,3,8-11H2,1-2H3,(H3,26,27,30)(H2,28,29,34). The summed E-state index contributed by atoms with van der Waals surface area (Å²) in [6, 6.07) is 7.73. The highest BCUT2D eigenvalue weighted by Crippen LogP contribution is 2.36. The van der Waals surface area contributed by atoms with Gasteiger partial charge < -0.3 is 31.2 Å². The van der Waals surface area contributed by atoms with Gasteiger partial charge >= 0.3 is 11.7 Å². The molecule has 0 saturated heterocycles. The molecule has 0 fully saturated rings. The second-order valence-electron chi connectivity index (χ2n) is 8.27. The second-order valence-corrected chi connectivity index (χ2v) is 9.11. The Labute approximate surface area is 218 Å². The number of rotatable bonds is 11. The third-order valence-electron chi connectivity index (χ3n) is 5.19. The lowest BCUT2D eigenvalue weighted by atomic mass is 10.1. The number of aryl methyl sites for hydroxylation is 1. The lowest BCUT2D eigenvalue weighted by Gasteiger charge is -2.12. The van der Waals surface area contributed by atoms with Gasteiger partial charge in [-0.25, -0.2) is 9.78 Å². The number of nitrogens with one attached hydrogen (secondary N) is 3. The molecule has 0 radical (unpaired) electrons. The molecule has 3 rings (SSSR count). The number of nitrogens with two attached hydrogens (primary N) is 1. The zero-order chi connectivity index (χ0) is 26.2. The number of nitrogen functional groups attached to an aromatic ring is 1. The molecule has 1 aromatic carbocycles. The number of urea groups is 1. The lowest BCUT2D eigenvalue weighted by molar-refractivity contribution is -0.384. The van der Waals surface area contributed by atoms with E-state index in [9.17, 15) is 14.9 Å². The number of nitro groups is 1. The van der Waals surface area contributed by atoms with Crippen LogP contribution in [0.4, 0.5) is 27.8 Å². The van der Waals surface area contributed by atoms with Crippen molar-refractivity contribution >= 4 is 52.2 Å². The van der Waals surface area contributed by atoms with Gasteiger partial charge in [0.2, 0.25) is 5.82 Å². The molecule has 5 N–H and O–H groups in total. The van der Waals surface area contributed by atoms with E-state index < -0.39 is 4.92 Å². The molecule has 0 spiro atoms. The molecule has 2 aromatic heterocycles. The van der Waals surface area contributed by atoms with Gasteiger partial charge in [-0.1, -0.05) is 29.3 Å². The molecule has 0 aliphatic rings. The fraction of sp³-hybridized carbons (Fsp3) is 0.304. The molecule has 11 nitrogen and oxygen atoms in total. The molecular weight excluding hydrogens is 507 g/mol. The van der Waals surface area contributed by atoms with Crippen molar-refractivity contribution in [1.82, 2.24) is 19.8 Å². The van der Waals surface area contributed by atoms with Crippen LogP contribution >= 0.6 is 23.2 Å². The highest BCUT2D eigenvalue weighted by Gasteiger charge is 2.15. The van der Waals surface area contributed by atoms with Gasteiger partial charge in [-0.3, -0.25) is 10.1 Å². The third-order valence-corrected chi connectivity index (χ3v) is 5.74. The second kappa shape index (κ2) is 12.4. The Bertz CT molecular complexity index is 1230. The van der Waals surface area contributed by atoms with Crippen LogP contribution in [0.5, 0.6) is 0 Å². The Hall–Kier alpha value is -3.54. The fourth-order valence-electron chi connectivity index (χ4n) is 3.42. The molecular formula is C23H28Cl2N8O3. The smallest absolute Gasteiger partial charge is 0.319 e. The van der Waals surface area contributed by atoms with Crippen LogP contribution in [0, 0.1) is 10.1 Å². The van der Waals surface area contributed by atoms with Crippen molar-refractivity contribution in [3.8, 4) is 11.1 Å². The maximum atomic E-state index is 12.5. The van der Waals surface area contributed by atoms with Crippen molar-refractivity contribution in [3.05, 3.63) is 62.9 Å². The molecule has 192 valence electrons. The molecule has 2 amide bonds. The number of aromatic nitrogens is 2. The first-order chi connectivity index (χ1) is 17.1. The summed E-state index contributed by atoms with van der Waals surface area (Å²) in [5.41, 5.74) is 7.53. The molecule has 0 saturated carbocycles. The van der Waals surface area contributed by atoms with Crippen LogP contribution in [-0.4, -0.2) is 59.1 Å². The van der Waals surface area contributed by atoms with Gasteiger partial charge in [0.15, 0.2) is 0 Å². The highest BCUT2D eigenvalue weighted by atomic mass is 35.5. The average molecular weight is 535 g/mol. The first kappa shape index (κ1) is 27.1. The Kier molecular flexibility index (Phi) is 9.34. The Morgan fingerprint density at radius 3 is 2.61 bits per heavy atom. The van der Waals surface area contributed by atoms with Crippen molar-refractivity contribution in [2.75, 3.05) is 50.1 Å². The number of carbonyl (C=O) groups is 1. The summed E-state index contributed by atoms with van der Waals surface area (Å²) in [5.74, 6) is 0.315. The van der Waals surface area contributed by atoms with Crippen molar-refractivity contribution in [3.63, 3.8) is 0 Å². The lowest BCUT2D eigenvalue weighted by Crippen LogP contribution is -2.34. The number of likely N-dealkylation sites (N-methyl/N-ethyl adjacent to an activating group) is 1. The van der Waals surface area contributed by atoms with E-state index in [0.717, 1.165) is 11.1 Å². The molecule has 0 unspecified atom stereocenters. The van der Waals surface area contributed by atoms with Gasteiger partial charge in [0.25, 0.3) is 0 Å². The quantitative estimate of drug-likeness (QED) is 0.160. The maximum Gasteiger partial charge on any atom is 0.319 e. The maximum absolute atomic E-state index is 12.5. The Balaban J connectivity index is 1.68. The van der Waals surface area contributed by atoms with Crippen LogP contribution in [-0.2, 0) is 6.54 Å². The van der Waals surface area contributed by atoms with Gasteiger partial charge in [-0.05, 0) is 38.7 Å². The minimum absolute atomic E-state index is 0.139. The first-order valence-corrected chi connectivity index (χ1v) is 11.9. The number of hydrogen-bond acceptors (Lipinski definition) is 7. The normalized spacial score (nSPS) is 10.9. The monoisotopic (exact) mass is 534 g/mol. The summed E-state index contributed by atoms with van der Waals surface area (Å²) in [6.07, 6.45) is 4.45. The summed E-state index contributed by atoms with van der Waals surface area (Å²) >= 11 is 12.5. The van der Waals surface area contributed by atoms with Crippen molar-refractivity contribution in [1.29, 1.82) is 0 Å². The molecule has 3 aromatic rings. The van der Waals surface area contributed by atoms with Crippen LogP contribution in [0.25, 0.3) is 11.1 Å². The van der Waals surface area contributed by atoms with E-state index in [1.54, 1.807) is 12.1 Å². The van der Waals surface area contributed by atoms with Gasteiger partial charge in [0.05, 0.1) is 15.6 Å². The average Bonchev–Trinajstić information content (AvgIpc) is 3.18. The summed E-state index contributed by atoms with van der Waals surface area (Å²) in [7, 11) is 3.86. The van der Waals surface area contributed by atoms with Gasteiger partial charge in [0.1, 0.15) is 5.82 Å². The van der Waals surface area contributed by atoms with Gasteiger partial charge in [-0.2, -0.15) is 0 Å². The zero-order valence-corrected chi connectivity index (χ0v) is 21.4. The summed E-state index contributed by atoms with van der Waals surface area (Å²) in [6.45, 7) is 2.39. The molecule has 0 bridgehead atoms. The Morgan fingerprint density at radius 1 is 1.17 bits per heavy atom. The van der Waals surface area contributed by atoms with E-state index in [2.05, 4.69) is 20.9 Å². The number of hydrogen-bond donors (Lipinski definition) is 4.